The van der Waals surface area contributed by atoms with Crippen molar-refractivity contribution in [1.82, 2.24) is 10.2 Å². The van der Waals surface area contributed by atoms with Crippen molar-refractivity contribution < 1.29 is 35.9 Å². The number of rotatable bonds is 7. The summed E-state index contributed by atoms with van der Waals surface area (Å²) < 4.78 is 84.7. The molecule has 1 saturated heterocycles. The van der Waals surface area contributed by atoms with Crippen LogP contribution in [0.25, 0.3) is 0 Å². The minimum absolute atomic E-state index is 0. The smallest absolute Gasteiger partial charge is 0.372 e. The van der Waals surface area contributed by atoms with Gasteiger partial charge in [0.1, 0.15) is 0 Å². The number of carbonyl (C=O) groups is 1. The Kier molecular flexibility index (Phi) is 9.16. The van der Waals surface area contributed by atoms with Crippen molar-refractivity contribution in [1.29, 1.82) is 0 Å². The zero-order valence-electron chi connectivity index (χ0n) is 17.3. The van der Waals surface area contributed by atoms with Crippen LogP contribution in [0.3, 0.4) is 0 Å². The van der Waals surface area contributed by atoms with Crippen LogP contribution in [0.5, 0.6) is 0 Å². The summed E-state index contributed by atoms with van der Waals surface area (Å²) in [5, 5.41) is 2.60. The molecule has 0 radical (unpaired) electrons. The van der Waals surface area contributed by atoms with Crippen molar-refractivity contribution in [3.05, 3.63) is 70.8 Å². The first-order valence-electron chi connectivity index (χ1n) is 9.95. The monoisotopic (exact) mass is 496 g/mol. The normalized spacial score (nSPS) is 19.6. The first kappa shape index (κ1) is 26.9. The molecule has 2 aromatic carbocycles. The molecule has 3 rings (SSSR count). The number of likely N-dealkylation sites (tertiary alicyclic amines) is 1. The Bertz CT molecular complexity index is 876. The molecule has 2 aromatic rings. The number of ether oxygens (including phenoxy) is 1. The van der Waals surface area contributed by atoms with Crippen LogP contribution in [0.4, 0.5) is 26.3 Å². The van der Waals surface area contributed by atoms with Gasteiger partial charge in [-0.05, 0) is 42.2 Å². The Morgan fingerprint density at radius 2 is 1.61 bits per heavy atom. The lowest BCUT2D eigenvalue weighted by molar-refractivity contribution is -0.143. The van der Waals surface area contributed by atoms with Crippen LogP contribution in [-0.2, 0) is 28.5 Å². The molecule has 1 amide bonds. The van der Waals surface area contributed by atoms with E-state index in [1.54, 1.807) is 0 Å². The fourth-order valence-corrected chi connectivity index (χ4v) is 3.92. The number of alkyl halides is 6. The zero-order valence-corrected chi connectivity index (χ0v) is 18.1. The van der Waals surface area contributed by atoms with Gasteiger partial charge in [0.05, 0.1) is 36.5 Å². The van der Waals surface area contributed by atoms with Crippen molar-refractivity contribution in [3.63, 3.8) is 0 Å². The van der Waals surface area contributed by atoms with Gasteiger partial charge < -0.3 is 10.1 Å². The van der Waals surface area contributed by atoms with E-state index in [1.807, 2.05) is 35.2 Å². The van der Waals surface area contributed by atoms with E-state index in [1.165, 1.54) is 0 Å². The van der Waals surface area contributed by atoms with Crippen LogP contribution in [0.15, 0.2) is 48.5 Å². The quantitative estimate of drug-likeness (QED) is 0.402. The molecule has 0 spiro atoms. The van der Waals surface area contributed by atoms with E-state index < -0.39 is 36.2 Å². The number of hydrogen-bond donors (Lipinski definition) is 1. The van der Waals surface area contributed by atoms with Gasteiger partial charge in [-0.25, -0.2) is 0 Å². The third-order valence-corrected chi connectivity index (χ3v) is 5.31. The van der Waals surface area contributed by atoms with Gasteiger partial charge in [-0.15, -0.1) is 12.4 Å². The van der Waals surface area contributed by atoms with Gasteiger partial charge in [0.25, 0.3) is 0 Å². The molecule has 0 saturated carbocycles. The van der Waals surface area contributed by atoms with Crippen molar-refractivity contribution in [3.8, 4) is 0 Å². The van der Waals surface area contributed by atoms with Gasteiger partial charge in [0.15, 0.2) is 0 Å². The highest BCUT2D eigenvalue weighted by atomic mass is 35.5. The second kappa shape index (κ2) is 11.2. The number of nitrogens with zero attached hydrogens (tertiary/aromatic N) is 1. The molecule has 1 N–H and O–H groups in total. The van der Waals surface area contributed by atoms with Crippen molar-refractivity contribution in [2.24, 2.45) is 0 Å². The summed E-state index contributed by atoms with van der Waals surface area (Å²) in [6.07, 6.45) is -8.47. The Hall–Kier alpha value is -2.30. The Labute approximate surface area is 193 Å². The number of nitrogens with one attached hydrogen (secondary N) is 1. The standard InChI is InChI=1S/C22H22F6N2O2.ClH/c23-21(24,25)17-9-15(10-18(11-17)22(26,27)28)12-32-19-7-4-8-30(13-29-14-31)20(19)16-5-2-1-3-6-16;/h1-3,5-6,9-11,14,19-20H,4,7-8,12-13H2,(H,29,31);1H/t19?,20-;/m0./s1. The highest BCUT2D eigenvalue weighted by Gasteiger charge is 2.37. The van der Waals surface area contributed by atoms with Crippen molar-refractivity contribution >= 4 is 18.8 Å². The van der Waals surface area contributed by atoms with E-state index in [-0.39, 0.29) is 36.7 Å². The minimum Gasteiger partial charge on any atom is -0.372 e. The molecule has 182 valence electrons. The van der Waals surface area contributed by atoms with Crippen LogP contribution in [0.1, 0.15) is 41.1 Å². The number of hydrogen-bond acceptors (Lipinski definition) is 3. The largest absolute Gasteiger partial charge is 0.416 e. The summed E-state index contributed by atoms with van der Waals surface area (Å²) in [4.78, 5) is 12.7. The van der Waals surface area contributed by atoms with Gasteiger partial charge in [-0.1, -0.05) is 30.3 Å². The van der Waals surface area contributed by atoms with E-state index >= 15 is 0 Å². The number of benzene rings is 2. The number of piperidine rings is 1. The third kappa shape index (κ3) is 7.09. The molecule has 0 bridgehead atoms. The predicted molar refractivity (Wildman–Crippen MR) is 111 cm³/mol. The predicted octanol–water partition coefficient (Wildman–Crippen LogP) is 5.57. The molecule has 1 aliphatic heterocycles. The van der Waals surface area contributed by atoms with Gasteiger partial charge in [0.2, 0.25) is 6.41 Å². The summed E-state index contributed by atoms with van der Waals surface area (Å²) in [5.74, 6) is 0. The average Bonchev–Trinajstić information content (AvgIpc) is 2.75. The molecule has 1 fully saturated rings. The molecule has 1 aliphatic rings. The van der Waals surface area contributed by atoms with Crippen LogP contribution in [-0.4, -0.2) is 30.6 Å². The van der Waals surface area contributed by atoms with Gasteiger partial charge >= 0.3 is 12.4 Å². The van der Waals surface area contributed by atoms with E-state index in [0.29, 0.717) is 37.9 Å². The second-order valence-electron chi connectivity index (χ2n) is 7.55. The molecular weight excluding hydrogens is 474 g/mol. The van der Waals surface area contributed by atoms with Crippen LogP contribution >= 0.6 is 12.4 Å². The maximum absolute atomic E-state index is 13.1. The summed E-state index contributed by atoms with van der Waals surface area (Å²) >= 11 is 0. The molecule has 2 atom stereocenters. The van der Waals surface area contributed by atoms with E-state index in [2.05, 4.69) is 5.32 Å². The molecule has 11 heteroatoms. The maximum Gasteiger partial charge on any atom is 0.416 e. The van der Waals surface area contributed by atoms with Crippen LogP contribution in [0.2, 0.25) is 0 Å². The lowest BCUT2D eigenvalue weighted by Crippen LogP contribution is -2.46. The Balaban J connectivity index is 0.00000385. The zero-order chi connectivity index (χ0) is 23.4. The minimum atomic E-state index is -4.91. The lowest BCUT2D eigenvalue weighted by Gasteiger charge is -2.41. The van der Waals surface area contributed by atoms with E-state index in [0.717, 1.165) is 5.56 Å². The first-order valence-corrected chi connectivity index (χ1v) is 9.95. The van der Waals surface area contributed by atoms with Gasteiger partial charge in [-0.2, -0.15) is 26.3 Å². The molecule has 0 aliphatic carbocycles. The highest BCUT2D eigenvalue weighted by molar-refractivity contribution is 5.85. The van der Waals surface area contributed by atoms with Crippen LogP contribution in [0, 0.1) is 0 Å². The summed E-state index contributed by atoms with van der Waals surface area (Å²) in [5.41, 5.74) is -2.07. The fourth-order valence-electron chi connectivity index (χ4n) is 3.92. The maximum atomic E-state index is 13.1. The average molecular weight is 497 g/mol. The molecule has 4 nitrogen and oxygen atoms in total. The lowest BCUT2D eigenvalue weighted by atomic mass is 9.92. The molecule has 1 unspecified atom stereocenters. The van der Waals surface area contributed by atoms with E-state index in [9.17, 15) is 31.1 Å². The third-order valence-electron chi connectivity index (χ3n) is 5.31. The topological polar surface area (TPSA) is 41.6 Å². The molecular formula is C22H23ClF6N2O2. The van der Waals surface area contributed by atoms with E-state index in [4.69, 9.17) is 4.74 Å². The number of amides is 1. The molecule has 0 aromatic heterocycles. The van der Waals surface area contributed by atoms with Crippen LogP contribution < -0.4 is 5.32 Å². The van der Waals surface area contributed by atoms with Crippen molar-refractivity contribution in [2.45, 2.75) is 43.9 Å². The summed E-state index contributed by atoms with van der Waals surface area (Å²) in [6.45, 7) is 0.489. The van der Waals surface area contributed by atoms with Crippen molar-refractivity contribution in [2.75, 3.05) is 13.2 Å². The van der Waals surface area contributed by atoms with Gasteiger partial charge in [0, 0.05) is 6.54 Å². The second-order valence-corrected chi connectivity index (χ2v) is 7.55. The number of halogens is 7. The fraction of sp³-hybridized carbons (Fsp3) is 0.409. The number of carbonyl (C=O) groups excluding carboxylic acids is 1. The summed E-state index contributed by atoms with van der Waals surface area (Å²) in [6, 6.07) is 10.4. The van der Waals surface area contributed by atoms with Gasteiger partial charge in [-0.3, -0.25) is 9.69 Å². The highest BCUT2D eigenvalue weighted by Crippen LogP contribution is 2.37. The molecule has 33 heavy (non-hydrogen) atoms. The summed E-state index contributed by atoms with van der Waals surface area (Å²) in [7, 11) is 0. The Morgan fingerprint density at radius 1 is 1.00 bits per heavy atom. The SMILES string of the molecule is Cl.O=CNCN1CCCC(OCc2cc(C(F)(F)F)cc(C(F)(F)F)c2)[C@@H]1c1ccccc1. The first-order chi connectivity index (χ1) is 15.1. The molecule has 1 heterocycles. The Morgan fingerprint density at radius 3 is 2.15 bits per heavy atom.